The molecule has 2 atom stereocenters. The fourth-order valence-electron chi connectivity index (χ4n) is 6.60. The van der Waals surface area contributed by atoms with Gasteiger partial charge in [0.25, 0.3) is 5.91 Å². The Balaban J connectivity index is 1.50. The molecule has 1 saturated heterocycles. The highest BCUT2D eigenvalue weighted by atomic mass is 35.5. The van der Waals surface area contributed by atoms with Crippen LogP contribution < -0.4 is 32.7 Å². The lowest BCUT2D eigenvalue weighted by molar-refractivity contribution is -0.157. The van der Waals surface area contributed by atoms with E-state index in [0.29, 0.717) is 76.0 Å². The van der Waals surface area contributed by atoms with E-state index in [0.717, 1.165) is 32.1 Å². The first-order valence-electron chi connectivity index (χ1n) is 18.0. The Morgan fingerprint density at radius 1 is 0.981 bits per heavy atom. The van der Waals surface area contributed by atoms with Crippen molar-refractivity contribution in [3.05, 3.63) is 29.3 Å². The molecule has 1 heterocycles. The molecule has 16 nitrogen and oxygen atoms in total. The van der Waals surface area contributed by atoms with Gasteiger partial charge in [-0.3, -0.25) is 33.9 Å². The summed E-state index contributed by atoms with van der Waals surface area (Å²) < 4.78 is 15.7. The number of ether oxygens (including phenoxy) is 3. The number of esters is 1. The van der Waals surface area contributed by atoms with Crippen LogP contribution in [0.25, 0.3) is 0 Å². The number of anilines is 1. The van der Waals surface area contributed by atoms with E-state index in [1.54, 1.807) is 31.4 Å². The van der Waals surface area contributed by atoms with Crippen molar-refractivity contribution in [3.8, 4) is 0 Å². The van der Waals surface area contributed by atoms with E-state index in [4.69, 9.17) is 37.3 Å². The van der Waals surface area contributed by atoms with E-state index in [2.05, 4.69) is 31.2 Å². The molecule has 1 aliphatic carbocycles. The maximum absolute atomic E-state index is 13.3. The second kappa shape index (κ2) is 22.8. The van der Waals surface area contributed by atoms with Crippen molar-refractivity contribution in [2.75, 3.05) is 65.0 Å². The van der Waals surface area contributed by atoms with Crippen molar-refractivity contribution in [3.63, 3.8) is 0 Å². The number of carbonyl (C=O) groups excluding carboxylic acids is 5. The molecule has 1 saturated carbocycles. The number of rotatable bonds is 20. The molecule has 3 rings (SSSR count). The summed E-state index contributed by atoms with van der Waals surface area (Å²) in [6, 6.07) is 6.37. The first-order valence-corrected chi connectivity index (χ1v) is 18.4. The van der Waals surface area contributed by atoms with E-state index in [9.17, 15) is 24.0 Å². The summed E-state index contributed by atoms with van der Waals surface area (Å²) in [5.41, 5.74) is 11.2. The third-order valence-corrected chi connectivity index (χ3v) is 9.45. The van der Waals surface area contributed by atoms with Gasteiger partial charge in [-0.25, -0.2) is 0 Å². The Kier molecular flexibility index (Phi) is 18.6. The third kappa shape index (κ3) is 15.3. The second-order valence-electron chi connectivity index (χ2n) is 13.1. The van der Waals surface area contributed by atoms with E-state index in [1.165, 1.54) is 0 Å². The predicted octanol–water partition coefficient (Wildman–Crippen LogP) is 1.20. The largest absolute Gasteiger partial charge is 0.452 e. The summed E-state index contributed by atoms with van der Waals surface area (Å²) in [7, 11) is 1.57. The van der Waals surface area contributed by atoms with Crippen molar-refractivity contribution in [1.82, 2.24) is 20.9 Å². The number of carbonyl (C=O) groups is 5. The fraction of sp³-hybridized carbons (Fsp3) is 0.657. The van der Waals surface area contributed by atoms with Gasteiger partial charge in [0.05, 0.1) is 26.2 Å². The van der Waals surface area contributed by atoms with Gasteiger partial charge in [0.15, 0.2) is 12.1 Å². The standard InChI is InChI=1S/C35H55ClN8O8/c1-50-22-23-51-21-18-39-29(45)11-12-30(46)52-28(6-5-16-41-34(37)38)31(47)40-17-20-44-19-13-27(24-35(44)14-3-2-4-15-35)43-33(49)32(48)42-26-9-7-25(36)8-10-26/h7-10,27-28H,2-6,11-24H2,1H3,(H,39,45)(H,40,47)(H,42,48)(H,43,49)(H4,37,38,41). The minimum atomic E-state index is -1.08. The van der Waals surface area contributed by atoms with Crippen molar-refractivity contribution < 1.29 is 38.2 Å². The van der Waals surface area contributed by atoms with Crippen LogP contribution in [0.1, 0.15) is 70.6 Å². The summed E-state index contributed by atoms with van der Waals surface area (Å²) in [6.07, 6.45) is 5.70. The highest BCUT2D eigenvalue weighted by molar-refractivity contribution is 6.39. The van der Waals surface area contributed by atoms with E-state index < -0.39 is 29.8 Å². The molecule has 1 aromatic rings. The Bertz CT molecular complexity index is 1340. The number of hydrogen-bond donors (Lipinski definition) is 6. The van der Waals surface area contributed by atoms with Crippen LogP contribution in [-0.4, -0.2) is 118 Å². The summed E-state index contributed by atoms with van der Waals surface area (Å²) in [4.78, 5) is 69.9. The van der Waals surface area contributed by atoms with Gasteiger partial charge in [0, 0.05) is 68.5 Å². The molecule has 8 N–H and O–H groups in total. The number of nitrogens with two attached hydrogens (primary N) is 2. The molecular weight excluding hydrogens is 696 g/mol. The lowest BCUT2D eigenvalue weighted by Crippen LogP contribution is -2.60. The number of hydrogen-bond acceptors (Lipinski definition) is 10. The zero-order valence-electron chi connectivity index (χ0n) is 30.1. The Morgan fingerprint density at radius 3 is 2.44 bits per heavy atom. The molecule has 2 aliphatic rings. The summed E-state index contributed by atoms with van der Waals surface area (Å²) in [6.45, 7) is 3.30. The van der Waals surface area contributed by atoms with Gasteiger partial charge in [-0.15, -0.1) is 0 Å². The molecule has 4 amide bonds. The number of benzene rings is 1. The zero-order chi connectivity index (χ0) is 37.8. The van der Waals surface area contributed by atoms with Gasteiger partial charge in [-0.2, -0.15) is 0 Å². The topological polar surface area (TPSA) is 229 Å². The number of nitrogens with zero attached hydrogens (tertiary/aromatic N) is 2. The summed E-state index contributed by atoms with van der Waals surface area (Å²) >= 11 is 5.92. The minimum absolute atomic E-state index is 0.0747. The van der Waals surface area contributed by atoms with Crippen LogP contribution in [-0.2, 0) is 38.2 Å². The minimum Gasteiger partial charge on any atom is -0.452 e. The number of piperidine rings is 1. The Labute approximate surface area is 310 Å². The van der Waals surface area contributed by atoms with Gasteiger partial charge in [0.2, 0.25) is 5.91 Å². The van der Waals surface area contributed by atoms with Crippen LogP contribution >= 0.6 is 11.6 Å². The quantitative estimate of drug-likeness (QED) is 0.0365. The van der Waals surface area contributed by atoms with Gasteiger partial charge >= 0.3 is 17.8 Å². The van der Waals surface area contributed by atoms with Crippen molar-refractivity contribution in [1.29, 1.82) is 0 Å². The third-order valence-electron chi connectivity index (χ3n) is 9.19. The molecule has 17 heteroatoms. The monoisotopic (exact) mass is 750 g/mol. The molecule has 1 spiro atoms. The lowest BCUT2D eigenvalue weighted by atomic mass is 9.73. The van der Waals surface area contributed by atoms with Crippen molar-refractivity contribution in [2.24, 2.45) is 16.5 Å². The Hall–Kier alpha value is -3.99. The first kappa shape index (κ1) is 42.4. The van der Waals surface area contributed by atoms with Crippen molar-refractivity contribution >= 4 is 52.8 Å². The fourth-order valence-corrected chi connectivity index (χ4v) is 6.72. The van der Waals surface area contributed by atoms with Crippen LogP contribution in [0.15, 0.2) is 29.3 Å². The first-order chi connectivity index (χ1) is 25.0. The summed E-state index contributed by atoms with van der Waals surface area (Å²) in [5.74, 6) is -2.93. The number of guanidine groups is 1. The van der Waals surface area contributed by atoms with Crippen LogP contribution in [0.5, 0.6) is 0 Å². The van der Waals surface area contributed by atoms with Crippen LogP contribution in [0.4, 0.5) is 5.69 Å². The average Bonchev–Trinajstić information content (AvgIpc) is 3.12. The molecule has 1 aromatic carbocycles. The number of likely N-dealkylation sites (tertiary alicyclic amines) is 1. The number of aliphatic imine (C=N–C) groups is 1. The Morgan fingerprint density at radius 2 is 1.73 bits per heavy atom. The number of halogens is 1. The number of methoxy groups -OCH3 is 1. The van der Waals surface area contributed by atoms with Gasteiger partial charge in [-0.05, 0) is 62.8 Å². The number of nitrogens with one attached hydrogen (secondary N) is 4. The van der Waals surface area contributed by atoms with Crippen LogP contribution in [0, 0.1) is 0 Å². The predicted molar refractivity (Wildman–Crippen MR) is 196 cm³/mol. The lowest BCUT2D eigenvalue weighted by Gasteiger charge is -2.52. The smallest absolute Gasteiger partial charge is 0.313 e. The molecular formula is C35H55ClN8O8. The maximum Gasteiger partial charge on any atom is 0.313 e. The van der Waals surface area contributed by atoms with E-state index in [-0.39, 0.29) is 49.3 Å². The molecule has 52 heavy (non-hydrogen) atoms. The average molecular weight is 751 g/mol. The van der Waals surface area contributed by atoms with Gasteiger partial charge in [0.1, 0.15) is 0 Å². The molecule has 290 valence electrons. The molecule has 2 unspecified atom stereocenters. The second-order valence-corrected chi connectivity index (χ2v) is 13.5. The maximum atomic E-state index is 13.3. The molecule has 2 fully saturated rings. The van der Waals surface area contributed by atoms with Crippen LogP contribution in [0.2, 0.25) is 5.02 Å². The highest BCUT2D eigenvalue weighted by Crippen LogP contribution is 2.40. The van der Waals surface area contributed by atoms with Crippen LogP contribution in [0.3, 0.4) is 0 Å². The van der Waals surface area contributed by atoms with Gasteiger partial charge in [-0.1, -0.05) is 30.9 Å². The normalized spacial score (nSPS) is 17.4. The molecule has 0 bridgehead atoms. The molecule has 0 aromatic heterocycles. The highest BCUT2D eigenvalue weighted by Gasteiger charge is 2.43. The zero-order valence-corrected chi connectivity index (χ0v) is 30.8. The SMILES string of the molecule is COCCOCCNC(=O)CCC(=O)OC(CCCN=C(N)N)C(=O)NCCN1CCC(NC(=O)C(=O)Nc2ccc(Cl)cc2)CC12CCCCC2. The molecule has 1 aliphatic heterocycles. The molecule has 0 radical (unpaired) electrons. The van der Waals surface area contributed by atoms with Crippen molar-refractivity contribution in [2.45, 2.75) is 88.3 Å². The number of amides is 4. The van der Waals surface area contributed by atoms with Gasteiger partial charge < -0.3 is 46.9 Å². The van der Waals surface area contributed by atoms with E-state index in [1.807, 2.05) is 0 Å². The summed E-state index contributed by atoms with van der Waals surface area (Å²) in [5, 5.41) is 11.7. The van der Waals surface area contributed by atoms with E-state index >= 15 is 0 Å².